The number of benzene rings is 2. The minimum Gasteiger partial charge on any atom is -0.508 e. The maximum absolute atomic E-state index is 13.8. The third-order valence-corrected chi connectivity index (χ3v) is 2.96. The molecule has 0 saturated carbocycles. The molecule has 0 spiro atoms. The largest absolute Gasteiger partial charge is 0.508 e. The lowest BCUT2D eigenvalue weighted by atomic mass is 10.1. The van der Waals surface area contributed by atoms with Crippen LogP contribution in [0.1, 0.15) is 15.9 Å². The Balaban J connectivity index is 2.27. The zero-order chi connectivity index (χ0) is 15.6. The topological polar surface area (TPSA) is 95.6 Å². The van der Waals surface area contributed by atoms with E-state index in [1.54, 1.807) is 0 Å². The summed E-state index contributed by atoms with van der Waals surface area (Å²) in [6.07, 6.45) is 0. The zero-order valence-corrected chi connectivity index (χ0v) is 11.4. The molecule has 2 rings (SSSR count). The molecular formula is C14H11FN2O3S. The first-order chi connectivity index (χ1) is 9.88. The summed E-state index contributed by atoms with van der Waals surface area (Å²) in [5, 5.41) is 21.2. The highest BCUT2D eigenvalue weighted by Gasteiger charge is 2.14. The Kier molecular flexibility index (Phi) is 4.04. The second-order valence-corrected chi connectivity index (χ2v) is 4.65. The number of halogens is 1. The number of amides is 1. The summed E-state index contributed by atoms with van der Waals surface area (Å²) in [6.45, 7) is 0. The summed E-state index contributed by atoms with van der Waals surface area (Å²) in [7, 11) is 0. The van der Waals surface area contributed by atoms with Gasteiger partial charge in [-0.1, -0.05) is 12.2 Å². The van der Waals surface area contributed by atoms with Gasteiger partial charge in [0.2, 0.25) is 0 Å². The van der Waals surface area contributed by atoms with E-state index in [1.165, 1.54) is 18.2 Å². The van der Waals surface area contributed by atoms with Crippen LogP contribution in [0, 0.1) is 5.82 Å². The van der Waals surface area contributed by atoms with Crippen molar-refractivity contribution in [3.63, 3.8) is 0 Å². The van der Waals surface area contributed by atoms with Crippen molar-refractivity contribution in [1.82, 2.24) is 0 Å². The number of carbonyl (C=O) groups excluding carboxylic acids is 1. The third kappa shape index (κ3) is 3.26. The number of nitrogens with one attached hydrogen (secondary N) is 1. The molecule has 0 aliphatic heterocycles. The number of aromatic hydroxyl groups is 2. The summed E-state index contributed by atoms with van der Waals surface area (Å²) in [5.74, 6) is -1.99. The number of anilines is 1. The predicted octanol–water partition coefficient (Wildman–Crippen LogP) is 2.12. The molecule has 5 N–H and O–H groups in total. The molecule has 0 bridgehead atoms. The Morgan fingerprint density at radius 3 is 2.52 bits per heavy atom. The fourth-order valence-electron chi connectivity index (χ4n) is 1.67. The molecular weight excluding hydrogens is 295 g/mol. The predicted molar refractivity (Wildman–Crippen MR) is 80.0 cm³/mol. The lowest BCUT2D eigenvalue weighted by molar-refractivity contribution is 0.102. The van der Waals surface area contributed by atoms with Gasteiger partial charge < -0.3 is 21.3 Å². The van der Waals surface area contributed by atoms with Crippen LogP contribution in [0.5, 0.6) is 11.5 Å². The van der Waals surface area contributed by atoms with Crippen LogP contribution in [-0.2, 0) is 0 Å². The SMILES string of the molecule is NC(=S)c1ccc(NC(=O)c2cc(O)ccc2O)c(F)c1. The lowest BCUT2D eigenvalue weighted by Crippen LogP contribution is -2.14. The van der Waals surface area contributed by atoms with E-state index in [4.69, 9.17) is 18.0 Å². The molecule has 2 aromatic carbocycles. The molecule has 0 atom stereocenters. The van der Waals surface area contributed by atoms with E-state index in [1.807, 2.05) is 0 Å². The van der Waals surface area contributed by atoms with Crippen molar-refractivity contribution in [2.24, 2.45) is 5.73 Å². The van der Waals surface area contributed by atoms with Crippen molar-refractivity contribution in [2.45, 2.75) is 0 Å². The van der Waals surface area contributed by atoms with Crippen molar-refractivity contribution in [1.29, 1.82) is 0 Å². The highest BCUT2D eigenvalue weighted by molar-refractivity contribution is 7.80. The van der Waals surface area contributed by atoms with Gasteiger partial charge in [-0.3, -0.25) is 4.79 Å². The van der Waals surface area contributed by atoms with Gasteiger partial charge in [0, 0.05) is 5.56 Å². The molecule has 0 unspecified atom stereocenters. The van der Waals surface area contributed by atoms with Crippen LogP contribution in [-0.4, -0.2) is 21.1 Å². The van der Waals surface area contributed by atoms with Crippen molar-refractivity contribution in [2.75, 3.05) is 5.32 Å². The van der Waals surface area contributed by atoms with Gasteiger partial charge in [-0.05, 0) is 36.4 Å². The first-order valence-electron chi connectivity index (χ1n) is 5.81. The van der Waals surface area contributed by atoms with Crippen LogP contribution in [0.25, 0.3) is 0 Å². The van der Waals surface area contributed by atoms with E-state index in [-0.39, 0.29) is 27.7 Å². The second-order valence-electron chi connectivity index (χ2n) is 4.21. The molecule has 0 heterocycles. The Morgan fingerprint density at radius 1 is 1.19 bits per heavy atom. The van der Waals surface area contributed by atoms with Crippen molar-refractivity contribution < 1.29 is 19.4 Å². The first-order valence-corrected chi connectivity index (χ1v) is 6.22. The molecule has 0 saturated heterocycles. The summed E-state index contributed by atoms with van der Waals surface area (Å²) < 4.78 is 13.8. The maximum atomic E-state index is 13.8. The van der Waals surface area contributed by atoms with Crippen LogP contribution in [0.15, 0.2) is 36.4 Å². The molecule has 0 radical (unpaired) electrons. The summed E-state index contributed by atoms with van der Waals surface area (Å²) in [4.78, 5) is 12.0. The van der Waals surface area contributed by atoms with E-state index in [2.05, 4.69) is 5.32 Å². The Hall–Kier alpha value is -2.67. The number of phenols is 2. The standard InChI is InChI=1S/C14H11FN2O3S/c15-10-5-7(13(16)21)1-3-11(10)17-14(20)9-6-8(18)2-4-12(9)19/h1-6,18-19H,(H2,16,21)(H,17,20). The van der Waals surface area contributed by atoms with Gasteiger partial charge in [0.05, 0.1) is 11.3 Å². The number of nitrogens with two attached hydrogens (primary N) is 1. The Morgan fingerprint density at radius 2 is 1.90 bits per heavy atom. The van der Waals surface area contributed by atoms with Gasteiger partial charge in [-0.15, -0.1) is 0 Å². The molecule has 108 valence electrons. The maximum Gasteiger partial charge on any atom is 0.259 e. The highest BCUT2D eigenvalue weighted by atomic mass is 32.1. The first kappa shape index (κ1) is 14.7. The van der Waals surface area contributed by atoms with Crippen LogP contribution < -0.4 is 11.1 Å². The molecule has 1 amide bonds. The van der Waals surface area contributed by atoms with Crippen LogP contribution >= 0.6 is 12.2 Å². The van der Waals surface area contributed by atoms with Crippen LogP contribution in [0.3, 0.4) is 0 Å². The average Bonchev–Trinajstić information content (AvgIpc) is 2.43. The average molecular weight is 306 g/mol. The number of carbonyl (C=O) groups is 1. The van der Waals surface area contributed by atoms with Gasteiger partial charge >= 0.3 is 0 Å². The summed E-state index contributed by atoms with van der Waals surface area (Å²) in [6, 6.07) is 7.33. The minimum absolute atomic E-state index is 0.0393. The molecule has 2 aromatic rings. The zero-order valence-electron chi connectivity index (χ0n) is 10.6. The van der Waals surface area contributed by atoms with Gasteiger partial charge in [0.15, 0.2) is 0 Å². The van der Waals surface area contributed by atoms with E-state index >= 15 is 0 Å². The number of rotatable bonds is 3. The smallest absolute Gasteiger partial charge is 0.259 e. The number of phenolic OH excluding ortho intramolecular Hbond substituents is 2. The molecule has 0 aromatic heterocycles. The van der Waals surface area contributed by atoms with Crippen LogP contribution in [0.2, 0.25) is 0 Å². The minimum atomic E-state index is -0.759. The second kappa shape index (κ2) is 5.76. The number of hydrogen-bond donors (Lipinski definition) is 4. The molecule has 0 aliphatic carbocycles. The molecule has 5 nitrogen and oxygen atoms in total. The summed E-state index contributed by atoms with van der Waals surface area (Å²) >= 11 is 4.72. The van der Waals surface area contributed by atoms with Crippen molar-refractivity contribution >= 4 is 28.8 Å². The third-order valence-electron chi connectivity index (χ3n) is 2.73. The Labute approximate surface area is 124 Å². The van der Waals surface area contributed by atoms with Crippen molar-refractivity contribution in [3.05, 3.63) is 53.3 Å². The van der Waals surface area contributed by atoms with Gasteiger partial charge in [0.1, 0.15) is 22.3 Å². The lowest BCUT2D eigenvalue weighted by Gasteiger charge is -2.09. The molecule has 0 aliphatic rings. The molecule has 7 heteroatoms. The normalized spacial score (nSPS) is 10.1. The van der Waals surface area contributed by atoms with Gasteiger partial charge in [-0.25, -0.2) is 4.39 Å². The van der Waals surface area contributed by atoms with E-state index < -0.39 is 11.7 Å². The monoisotopic (exact) mass is 306 g/mol. The van der Waals surface area contributed by atoms with Gasteiger partial charge in [0.25, 0.3) is 5.91 Å². The van der Waals surface area contributed by atoms with E-state index in [0.29, 0.717) is 5.56 Å². The van der Waals surface area contributed by atoms with Crippen LogP contribution in [0.4, 0.5) is 10.1 Å². The Bertz CT molecular complexity index is 734. The number of thiocarbonyl (C=S) groups is 1. The summed E-state index contributed by atoms with van der Waals surface area (Å²) in [5.41, 5.74) is 5.44. The fraction of sp³-hybridized carbons (Fsp3) is 0. The van der Waals surface area contributed by atoms with Gasteiger partial charge in [-0.2, -0.15) is 0 Å². The van der Waals surface area contributed by atoms with Crippen molar-refractivity contribution in [3.8, 4) is 11.5 Å². The molecule has 21 heavy (non-hydrogen) atoms. The fourth-order valence-corrected chi connectivity index (χ4v) is 1.79. The molecule has 0 fully saturated rings. The van der Waals surface area contributed by atoms with E-state index in [0.717, 1.165) is 18.2 Å². The highest BCUT2D eigenvalue weighted by Crippen LogP contribution is 2.24. The van der Waals surface area contributed by atoms with E-state index in [9.17, 15) is 19.4 Å². The quantitative estimate of drug-likeness (QED) is 0.514. The number of hydrogen-bond acceptors (Lipinski definition) is 4.